The van der Waals surface area contributed by atoms with Crippen LogP contribution in [0.5, 0.6) is 0 Å². The fourth-order valence-corrected chi connectivity index (χ4v) is 0.792. The van der Waals surface area contributed by atoms with E-state index >= 15 is 0 Å². The highest BCUT2D eigenvalue weighted by Gasteiger charge is 1.87. The minimum absolute atomic E-state index is 0.557. The molecule has 0 spiro atoms. The summed E-state index contributed by atoms with van der Waals surface area (Å²) in [6.45, 7) is 2.98. The van der Waals surface area contributed by atoms with Gasteiger partial charge >= 0.3 is 0 Å². The maximum Gasteiger partial charge on any atom is 0.0541 e. The normalized spacial score (nSPS) is 9.30. The van der Waals surface area contributed by atoms with Crippen molar-refractivity contribution in [2.75, 3.05) is 11.9 Å². The first kappa shape index (κ1) is 6.93. The molecule has 0 aliphatic carbocycles. The Morgan fingerprint density at radius 2 is 1.90 bits per heavy atom. The van der Waals surface area contributed by atoms with E-state index in [2.05, 4.69) is 12.2 Å². The van der Waals surface area contributed by atoms with Crippen LogP contribution in [0.3, 0.4) is 0 Å². The Labute approximate surface area is 61.1 Å². The van der Waals surface area contributed by atoms with Crippen molar-refractivity contribution in [2.24, 2.45) is 0 Å². The predicted octanol–water partition coefficient (Wildman–Crippen LogP) is 2.03. The fraction of sp³-hybridized carbons (Fsp3) is 0.250. The van der Waals surface area contributed by atoms with Crippen molar-refractivity contribution >= 4 is 11.4 Å². The van der Waals surface area contributed by atoms with Gasteiger partial charge in [0.1, 0.15) is 0 Å². The molecule has 0 aromatic heterocycles. The van der Waals surface area contributed by atoms with E-state index < -0.39 is 0 Å². The van der Waals surface area contributed by atoms with Crippen molar-refractivity contribution in [3.8, 4) is 0 Å². The van der Waals surface area contributed by atoms with Crippen LogP contribution in [0.1, 0.15) is 6.92 Å². The van der Waals surface area contributed by atoms with E-state index in [-0.39, 0.29) is 0 Å². The molecule has 10 heavy (non-hydrogen) atoms. The molecule has 0 unspecified atom stereocenters. The number of rotatable bonds is 2. The molecule has 0 aliphatic heterocycles. The Kier molecular flexibility index (Phi) is 2.15. The maximum absolute atomic E-state index is 7.20. The zero-order valence-electron chi connectivity index (χ0n) is 6.02. The minimum atomic E-state index is 0.557. The van der Waals surface area contributed by atoms with Gasteiger partial charge in [-0.15, -0.1) is 0 Å². The average molecular weight is 135 g/mol. The summed E-state index contributed by atoms with van der Waals surface area (Å²) in [4.78, 5) is 0. The smallest absolute Gasteiger partial charge is 0.0541 e. The third-order valence-electron chi connectivity index (χ3n) is 1.27. The Bertz CT molecular complexity index is 191. The zero-order chi connectivity index (χ0) is 7.40. The van der Waals surface area contributed by atoms with Crippen LogP contribution < -0.4 is 11.1 Å². The van der Waals surface area contributed by atoms with Crippen molar-refractivity contribution in [2.45, 2.75) is 6.92 Å². The Balaban J connectivity index is 2.69. The average Bonchev–Trinajstić information content (AvgIpc) is 1.95. The second-order valence-corrected chi connectivity index (χ2v) is 2.11. The van der Waals surface area contributed by atoms with Gasteiger partial charge in [0.15, 0.2) is 0 Å². The van der Waals surface area contributed by atoms with Gasteiger partial charge < -0.3 is 11.1 Å². The monoisotopic (exact) mass is 135 g/mol. The lowest BCUT2D eigenvalue weighted by molar-refractivity contribution is 1.21. The van der Waals surface area contributed by atoms with Gasteiger partial charge in [0.05, 0.1) is 5.69 Å². The summed E-state index contributed by atoms with van der Waals surface area (Å²) in [6, 6.07) is 7.37. The van der Waals surface area contributed by atoms with Gasteiger partial charge in [-0.1, -0.05) is 0 Å². The second-order valence-electron chi connectivity index (χ2n) is 2.11. The van der Waals surface area contributed by atoms with Crippen molar-refractivity contribution in [1.82, 2.24) is 5.73 Å². The van der Waals surface area contributed by atoms with Crippen LogP contribution in [0.25, 0.3) is 0 Å². The Morgan fingerprint density at radius 1 is 1.30 bits per heavy atom. The number of benzene rings is 1. The molecule has 0 heterocycles. The van der Waals surface area contributed by atoms with Gasteiger partial charge in [-0.25, -0.2) is 0 Å². The van der Waals surface area contributed by atoms with Crippen LogP contribution in [-0.4, -0.2) is 6.54 Å². The lowest BCUT2D eigenvalue weighted by atomic mass is 10.3. The third-order valence-corrected chi connectivity index (χ3v) is 1.27. The highest BCUT2D eigenvalue weighted by atomic mass is 14.8. The van der Waals surface area contributed by atoms with Crippen LogP contribution in [0.2, 0.25) is 0 Å². The molecule has 0 atom stereocenters. The SMILES string of the molecule is CCNc1ccc([NH])cc1. The summed E-state index contributed by atoms with van der Waals surface area (Å²) >= 11 is 0. The molecular weight excluding hydrogens is 124 g/mol. The fourth-order valence-electron chi connectivity index (χ4n) is 0.792. The molecule has 2 nitrogen and oxygen atoms in total. The number of hydrogen-bond donors (Lipinski definition) is 1. The molecular formula is C8H11N2. The quantitative estimate of drug-likeness (QED) is 0.661. The van der Waals surface area contributed by atoms with E-state index in [4.69, 9.17) is 5.73 Å². The molecule has 2 N–H and O–H groups in total. The molecule has 1 rings (SSSR count). The summed E-state index contributed by atoms with van der Waals surface area (Å²) in [5.74, 6) is 0. The zero-order valence-corrected chi connectivity index (χ0v) is 6.02. The van der Waals surface area contributed by atoms with E-state index in [0.717, 1.165) is 12.2 Å². The van der Waals surface area contributed by atoms with Crippen molar-refractivity contribution in [3.05, 3.63) is 24.3 Å². The van der Waals surface area contributed by atoms with Crippen molar-refractivity contribution < 1.29 is 0 Å². The Morgan fingerprint density at radius 3 is 2.40 bits per heavy atom. The molecule has 0 saturated heterocycles. The van der Waals surface area contributed by atoms with Gasteiger partial charge in [0.2, 0.25) is 0 Å². The molecule has 0 fully saturated rings. The molecule has 0 saturated carbocycles. The molecule has 0 amide bonds. The van der Waals surface area contributed by atoms with Crippen LogP contribution in [0.15, 0.2) is 24.3 Å². The van der Waals surface area contributed by atoms with Crippen LogP contribution in [-0.2, 0) is 0 Å². The summed E-state index contributed by atoms with van der Waals surface area (Å²) in [7, 11) is 0. The third kappa shape index (κ3) is 1.65. The van der Waals surface area contributed by atoms with Crippen LogP contribution in [0, 0.1) is 0 Å². The van der Waals surface area contributed by atoms with E-state index in [1.54, 1.807) is 12.1 Å². The van der Waals surface area contributed by atoms with Gasteiger partial charge in [-0.3, -0.25) is 0 Å². The van der Waals surface area contributed by atoms with Crippen molar-refractivity contribution in [1.29, 1.82) is 0 Å². The molecule has 0 aliphatic rings. The topological polar surface area (TPSA) is 35.8 Å². The first-order chi connectivity index (χ1) is 4.83. The minimum Gasteiger partial charge on any atom is -0.385 e. The first-order valence-corrected chi connectivity index (χ1v) is 3.38. The largest absolute Gasteiger partial charge is 0.385 e. The highest BCUT2D eigenvalue weighted by molar-refractivity contribution is 5.49. The van der Waals surface area contributed by atoms with Crippen LogP contribution in [0.4, 0.5) is 11.4 Å². The van der Waals surface area contributed by atoms with Gasteiger partial charge in [-0.05, 0) is 31.2 Å². The first-order valence-electron chi connectivity index (χ1n) is 3.38. The standard InChI is InChI=1S/C8H11N2/c1-2-10-8-5-3-7(9)4-6-8/h3-6,9-10H,2H2,1H3. The maximum atomic E-state index is 7.20. The lowest BCUT2D eigenvalue weighted by Crippen LogP contribution is -1.94. The van der Waals surface area contributed by atoms with E-state index in [0.29, 0.717) is 5.69 Å². The van der Waals surface area contributed by atoms with Crippen molar-refractivity contribution in [3.63, 3.8) is 0 Å². The molecule has 1 aromatic rings. The Hall–Kier alpha value is -1.18. The molecule has 0 bridgehead atoms. The molecule has 1 aromatic carbocycles. The summed E-state index contributed by atoms with van der Waals surface area (Å²) in [5.41, 5.74) is 8.84. The van der Waals surface area contributed by atoms with Gasteiger partial charge in [-0.2, -0.15) is 0 Å². The highest BCUT2D eigenvalue weighted by Crippen LogP contribution is 2.10. The van der Waals surface area contributed by atoms with Gasteiger partial charge in [0, 0.05) is 12.2 Å². The van der Waals surface area contributed by atoms with E-state index in [1.807, 2.05) is 12.1 Å². The molecule has 1 radical (unpaired) electrons. The number of anilines is 1. The summed E-state index contributed by atoms with van der Waals surface area (Å²) in [5, 5.41) is 3.15. The summed E-state index contributed by atoms with van der Waals surface area (Å²) < 4.78 is 0. The second kappa shape index (κ2) is 3.11. The number of hydrogen-bond acceptors (Lipinski definition) is 1. The number of nitrogens with one attached hydrogen (secondary N) is 2. The molecule has 53 valence electrons. The van der Waals surface area contributed by atoms with E-state index in [1.165, 1.54) is 0 Å². The lowest BCUT2D eigenvalue weighted by Gasteiger charge is -2.00. The van der Waals surface area contributed by atoms with E-state index in [9.17, 15) is 0 Å². The predicted molar refractivity (Wildman–Crippen MR) is 43.4 cm³/mol. The van der Waals surface area contributed by atoms with Gasteiger partial charge in [0.25, 0.3) is 0 Å². The molecule has 2 heteroatoms. The van der Waals surface area contributed by atoms with Crippen LogP contribution >= 0.6 is 0 Å². The summed E-state index contributed by atoms with van der Waals surface area (Å²) in [6.07, 6.45) is 0.